The molecule has 1 saturated heterocycles. The van der Waals surface area contributed by atoms with Gasteiger partial charge in [0.2, 0.25) is 0 Å². The van der Waals surface area contributed by atoms with E-state index in [0.717, 1.165) is 0 Å². The Morgan fingerprint density at radius 1 is 0.789 bits per heavy atom. The van der Waals surface area contributed by atoms with Crippen LogP contribution >= 0.6 is 0 Å². The summed E-state index contributed by atoms with van der Waals surface area (Å²) >= 11 is 0. The Labute approximate surface area is 114 Å². The molecule has 98 valence electrons. The highest BCUT2D eigenvalue weighted by Crippen LogP contribution is 2.36. The van der Waals surface area contributed by atoms with Gasteiger partial charge in [0.1, 0.15) is 0 Å². The van der Waals surface area contributed by atoms with E-state index in [-0.39, 0.29) is 11.7 Å². The van der Waals surface area contributed by atoms with Crippen LogP contribution in [0.5, 0.6) is 0 Å². The summed E-state index contributed by atoms with van der Waals surface area (Å²) in [5.41, 5.74) is 2.29. The molecule has 0 saturated carbocycles. The smallest absolute Gasteiger partial charge is 0.154 e. The maximum absolute atomic E-state index is 5.78. The van der Waals surface area contributed by atoms with Gasteiger partial charge in [0.15, 0.2) is 6.29 Å². The molecule has 3 rings (SSSR count). The van der Waals surface area contributed by atoms with Crippen molar-refractivity contribution < 1.29 is 9.47 Å². The Hall–Kier alpha value is -1.64. The number of benzene rings is 2. The van der Waals surface area contributed by atoms with Gasteiger partial charge in [-0.25, -0.2) is 0 Å². The second-order valence-corrected chi connectivity index (χ2v) is 5.00. The lowest BCUT2D eigenvalue weighted by Gasteiger charge is -2.40. The topological polar surface area (TPSA) is 18.5 Å². The monoisotopic (exact) mass is 254 g/mol. The van der Waals surface area contributed by atoms with E-state index in [9.17, 15) is 0 Å². The van der Waals surface area contributed by atoms with E-state index in [1.807, 2.05) is 19.1 Å². The molecule has 1 aliphatic heterocycles. The van der Waals surface area contributed by atoms with E-state index in [0.29, 0.717) is 13.2 Å². The van der Waals surface area contributed by atoms with Crippen LogP contribution in [0, 0.1) is 0 Å². The molecule has 0 atom stereocenters. The zero-order valence-electron chi connectivity index (χ0n) is 11.1. The highest BCUT2D eigenvalue weighted by atomic mass is 16.7. The molecular formula is C17H18O2. The molecule has 0 aromatic heterocycles. The first-order valence-electron chi connectivity index (χ1n) is 6.65. The van der Waals surface area contributed by atoms with Crippen LogP contribution < -0.4 is 0 Å². The molecule has 1 aliphatic rings. The Morgan fingerprint density at radius 2 is 1.21 bits per heavy atom. The molecule has 2 heteroatoms. The van der Waals surface area contributed by atoms with Crippen LogP contribution in [0.1, 0.15) is 18.1 Å². The Balaban J connectivity index is 2.06. The van der Waals surface area contributed by atoms with Crippen LogP contribution in [0.25, 0.3) is 0 Å². The molecule has 2 aromatic carbocycles. The molecule has 19 heavy (non-hydrogen) atoms. The minimum Gasteiger partial charge on any atom is -0.352 e. The first kappa shape index (κ1) is 12.4. The van der Waals surface area contributed by atoms with Crippen LogP contribution in [0.15, 0.2) is 60.7 Å². The summed E-state index contributed by atoms with van der Waals surface area (Å²) in [6.07, 6.45) is -0.124. The van der Waals surface area contributed by atoms with Gasteiger partial charge in [-0.2, -0.15) is 0 Å². The van der Waals surface area contributed by atoms with E-state index in [1.54, 1.807) is 0 Å². The van der Waals surface area contributed by atoms with Crippen molar-refractivity contribution in [3.63, 3.8) is 0 Å². The standard InChI is InChI=1S/C17H18O2/c1-14-18-12-17(13-19-14,15-8-4-2-5-9-15)16-10-6-3-7-11-16/h2-11,14H,12-13H2,1H3. The number of hydrogen-bond donors (Lipinski definition) is 0. The largest absolute Gasteiger partial charge is 0.352 e. The molecular weight excluding hydrogens is 236 g/mol. The van der Waals surface area contributed by atoms with Crippen LogP contribution in [0.2, 0.25) is 0 Å². The van der Waals surface area contributed by atoms with E-state index in [1.165, 1.54) is 11.1 Å². The van der Waals surface area contributed by atoms with Gasteiger partial charge in [-0.1, -0.05) is 60.7 Å². The molecule has 1 heterocycles. The summed E-state index contributed by atoms with van der Waals surface area (Å²) < 4.78 is 11.6. The third-order valence-electron chi connectivity index (χ3n) is 3.78. The van der Waals surface area contributed by atoms with Crippen LogP contribution in [-0.2, 0) is 14.9 Å². The molecule has 0 aliphatic carbocycles. The number of hydrogen-bond acceptors (Lipinski definition) is 2. The third-order valence-corrected chi connectivity index (χ3v) is 3.78. The normalized spacial score (nSPS) is 19.2. The second kappa shape index (κ2) is 5.16. The summed E-state index contributed by atoms with van der Waals surface area (Å²) in [5.74, 6) is 0. The van der Waals surface area contributed by atoms with Crippen molar-refractivity contribution in [3.8, 4) is 0 Å². The van der Waals surface area contributed by atoms with Crippen LogP contribution in [0.4, 0.5) is 0 Å². The van der Waals surface area contributed by atoms with Gasteiger partial charge in [-0.05, 0) is 18.1 Å². The first-order chi connectivity index (χ1) is 9.31. The Morgan fingerprint density at radius 3 is 1.63 bits per heavy atom. The molecule has 0 spiro atoms. The Kier molecular flexibility index (Phi) is 3.36. The molecule has 0 amide bonds. The summed E-state index contributed by atoms with van der Waals surface area (Å²) in [6, 6.07) is 20.9. The molecule has 2 nitrogen and oxygen atoms in total. The highest BCUT2D eigenvalue weighted by Gasteiger charge is 2.39. The van der Waals surface area contributed by atoms with Crippen molar-refractivity contribution in [3.05, 3.63) is 71.8 Å². The maximum atomic E-state index is 5.78. The predicted molar refractivity (Wildman–Crippen MR) is 75.0 cm³/mol. The molecule has 0 N–H and O–H groups in total. The van der Waals surface area contributed by atoms with Gasteiger partial charge in [0.25, 0.3) is 0 Å². The quantitative estimate of drug-likeness (QED) is 0.818. The van der Waals surface area contributed by atoms with Crippen molar-refractivity contribution in [2.24, 2.45) is 0 Å². The second-order valence-electron chi connectivity index (χ2n) is 5.00. The minimum absolute atomic E-state index is 0.124. The van der Waals surface area contributed by atoms with Crippen molar-refractivity contribution in [2.75, 3.05) is 13.2 Å². The zero-order chi connectivity index (χ0) is 13.1. The lowest BCUT2D eigenvalue weighted by Crippen LogP contribution is -2.45. The first-order valence-corrected chi connectivity index (χ1v) is 6.65. The average Bonchev–Trinajstić information content (AvgIpc) is 2.50. The van der Waals surface area contributed by atoms with Gasteiger partial charge in [-0.3, -0.25) is 0 Å². The predicted octanol–water partition coefficient (Wildman–Crippen LogP) is 3.37. The summed E-state index contributed by atoms with van der Waals surface area (Å²) in [6.45, 7) is 3.25. The fourth-order valence-corrected chi connectivity index (χ4v) is 2.62. The van der Waals surface area contributed by atoms with Gasteiger partial charge in [-0.15, -0.1) is 0 Å². The summed E-state index contributed by atoms with van der Waals surface area (Å²) in [5, 5.41) is 0. The van der Waals surface area contributed by atoms with Crippen molar-refractivity contribution in [1.29, 1.82) is 0 Å². The van der Waals surface area contributed by atoms with Crippen LogP contribution in [0.3, 0.4) is 0 Å². The summed E-state index contributed by atoms with van der Waals surface area (Å²) in [4.78, 5) is 0. The molecule has 0 radical (unpaired) electrons. The number of rotatable bonds is 2. The van der Waals surface area contributed by atoms with Gasteiger partial charge >= 0.3 is 0 Å². The SMILES string of the molecule is CC1OCC(c2ccccc2)(c2ccccc2)CO1. The molecule has 1 fully saturated rings. The van der Waals surface area contributed by atoms with Gasteiger partial charge < -0.3 is 9.47 Å². The lowest BCUT2D eigenvalue weighted by molar-refractivity contribution is -0.192. The lowest BCUT2D eigenvalue weighted by atomic mass is 9.75. The third kappa shape index (κ3) is 2.29. The van der Waals surface area contributed by atoms with Gasteiger partial charge in [0.05, 0.1) is 18.6 Å². The molecule has 2 aromatic rings. The zero-order valence-corrected chi connectivity index (χ0v) is 11.1. The fraction of sp³-hybridized carbons (Fsp3) is 0.294. The van der Waals surface area contributed by atoms with E-state index in [2.05, 4.69) is 48.5 Å². The average molecular weight is 254 g/mol. The summed E-state index contributed by atoms with van der Waals surface area (Å²) in [7, 11) is 0. The molecule has 0 bridgehead atoms. The van der Waals surface area contributed by atoms with Crippen molar-refractivity contribution in [1.82, 2.24) is 0 Å². The van der Waals surface area contributed by atoms with E-state index >= 15 is 0 Å². The molecule has 0 unspecified atom stereocenters. The maximum Gasteiger partial charge on any atom is 0.154 e. The fourth-order valence-electron chi connectivity index (χ4n) is 2.62. The van der Waals surface area contributed by atoms with Crippen LogP contribution in [-0.4, -0.2) is 19.5 Å². The Bertz CT molecular complexity index is 472. The van der Waals surface area contributed by atoms with Gasteiger partial charge in [0, 0.05) is 0 Å². The van der Waals surface area contributed by atoms with E-state index < -0.39 is 0 Å². The van der Waals surface area contributed by atoms with Crippen molar-refractivity contribution in [2.45, 2.75) is 18.6 Å². The minimum atomic E-state index is -0.199. The highest BCUT2D eigenvalue weighted by molar-refractivity contribution is 5.40. The van der Waals surface area contributed by atoms with E-state index in [4.69, 9.17) is 9.47 Å². The van der Waals surface area contributed by atoms with Crippen molar-refractivity contribution >= 4 is 0 Å². The number of ether oxygens (including phenoxy) is 2.